The monoisotopic (exact) mass is 338 g/mol. The summed E-state index contributed by atoms with van der Waals surface area (Å²) in [6.45, 7) is -0.744. The van der Waals surface area contributed by atoms with Gasteiger partial charge in [0.15, 0.2) is 0 Å². The molecule has 2 rings (SSSR count). The van der Waals surface area contributed by atoms with E-state index in [4.69, 9.17) is 17.3 Å². The zero-order chi connectivity index (χ0) is 17.0. The van der Waals surface area contributed by atoms with E-state index in [-0.39, 0.29) is 10.5 Å². The van der Waals surface area contributed by atoms with Crippen molar-refractivity contribution in [3.8, 4) is 5.69 Å². The molecule has 0 fully saturated rings. The zero-order valence-corrected chi connectivity index (χ0v) is 12.9. The van der Waals surface area contributed by atoms with Gasteiger partial charge in [-0.2, -0.15) is 0 Å². The van der Waals surface area contributed by atoms with Crippen LogP contribution in [0, 0.1) is 4.77 Å². The fraction of sp³-hybridized carbons (Fsp3) is 0.333. The van der Waals surface area contributed by atoms with Crippen LogP contribution in [0.2, 0.25) is 0 Å². The number of nitrogens with zero attached hydrogens (tertiary/aromatic N) is 2. The summed E-state index contributed by atoms with van der Waals surface area (Å²) in [7, 11) is 0. The molecule has 23 heavy (non-hydrogen) atoms. The number of para-hydroxylation sites is 1. The van der Waals surface area contributed by atoms with Gasteiger partial charge in [-0.3, -0.25) is 4.57 Å². The van der Waals surface area contributed by atoms with E-state index in [9.17, 15) is 20.4 Å². The Morgan fingerprint density at radius 3 is 2.26 bits per heavy atom. The summed E-state index contributed by atoms with van der Waals surface area (Å²) in [6, 6.07) is 10.3. The highest BCUT2D eigenvalue weighted by molar-refractivity contribution is 7.71. The van der Waals surface area contributed by atoms with Crippen LogP contribution < -0.4 is 0 Å². The van der Waals surface area contributed by atoms with Gasteiger partial charge in [0.05, 0.1) is 12.3 Å². The first-order chi connectivity index (χ1) is 11.0. The van der Waals surface area contributed by atoms with Crippen molar-refractivity contribution in [2.75, 3.05) is 6.61 Å². The lowest BCUT2D eigenvalue weighted by Gasteiger charge is -2.27. The Kier molecular flexibility index (Phi) is 5.94. The van der Waals surface area contributed by atoms with Crippen LogP contribution >= 0.6 is 12.2 Å². The number of aliphatic hydroxyl groups excluding tert-OH is 5. The van der Waals surface area contributed by atoms with Gasteiger partial charge in [-0.15, -0.1) is 0 Å². The van der Waals surface area contributed by atoms with E-state index in [0.717, 1.165) is 0 Å². The first-order valence-electron chi connectivity index (χ1n) is 6.94. The second-order valence-electron chi connectivity index (χ2n) is 5.00. The molecule has 0 saturated carbocycles. The summed E-state index contributed by atoms with van der Waals surface area (Å²) in [4.78, 5) is 3.99. The molecule has 1 heterocycles. The van der Waals surface area contributed by atoms with Crippen molar-refractivity contribution < 1.29 is 25.5 Å². The highest BCUT2D eigenvalue weighted by Crippen LogP contribution is 2.23. The molecule has 0 aliphatic heterocycles. The average Bonchev–Trinajstić information content (AvgIpc) is 2.59. The lowest BCUT2D eigenvalue weighted by molar-refractivity contribution is -0.117. The largest absolute Gasteiger partial charge is 0.394 e. The van der Waals surface area contributed by atoms with Gasteiger partial charge < -0.3 is 25.5 Å². The summed E-state index contributed by atoms with van der Waals surface area (Å²) in [5.74, 6) is 0. The van der Waals surface area contributed by atoms with Crippen LogP contribution in [-0.2, 0) is 0 Å². The van der Waals surface area contributed by atoms with Gasteiger partial charge in [-0.25, -0.2) is 4.98 Å². The Balaban J connectivity index is 2.44. The molecule has 5 N–H and O–H groups in total. The average molecular weight is 338 g/mol. The molecule has 0 amide bonds. The Bertz CT molecular complexity index is 694. The molecule has 0 radical (unpaired) electrons. The molecule has 0 aliphatic rings. The molecular weight excluding hydrogens is 320 g/mol. The second kappa shape index (κ2) is 7.73. The van der Waals surface area contributed by atoms with Crippen molar-refractivity contribution in [2.45, 2.75) is 24.4 Å². The molecular formula is C15H18N2O5S. The lowest BCUT2D eigenvalue weighted by atomic mass is 10.0. The van der Waals surface area contributed by atoms with E-state index >= 15 is 0 Å². The molecule has 1 unspecified atom stereocenters. The highest BCUT2D eigenvalue weighted by atomic mass is 32.1. The second-order valence-corrected chi connectivity index (χ2v) is 5.36. The SMILES string of the molecule is OC[C@@H](O)[C@H](O)[C@@H](O)C(O)c1ccnc(=S)n1-c1ccccc1. The fourth-order valence-corrected chi connectivity index (χ4v) is 2.46. The van der Waals surface area contributed by atoms with Gasteiger partial charge in [-0.1, -0.05) is 18.2 Å². The highest BCUT2D eigenvalue weighted by Gasteiger charge is 2.32. The predicted octanol–water partition coefficient (Wildman–Crippen LogP) is -0.290. The summed E-state index contributed by atoms with van der Waals surface area (Å²) >= 11 is 5.17. The number of hydrogen-bond acceptors (Lipinski definition) is 7. The van der Waals surface area contributed by atoms with Gasteiger partial charge in [0.2, 0.25) is 4.77 Å². The van der Waals surface area contributed by atoms with Crippen LogP contribution in [0.1, 0.15) is 11.8 Å². The van der Waals surface area contributed by atoms with Crippen molar-refractivity contribution in [1.82, 2.24) is 9.55 Å². The van der Waals surface area contributed by atoms with Crippen LogP contribution in [0.15, 0.2) is 42.6 Å². The smallest absolute Gasteiger partial charge is 0.204 e. The molecule has 0 aliphatic carbocycles. The maximum Gasteiger partial charge on any atom is 0.204 e. The zero-order valence-electron chi connectivity index (χ0n) is 12.1. The molecule has 0 saturated heterocycles. The normalized spacial score (nSPS) is 16.6. The Morgan fingerprint density at radius 2 is 1.65 bits per heavy atom. The minimum Gasteiger partial charge on any atom is -0.394 e. The van der Waals surface area contributed by atoms with E-state index in [1.807, 2.05) is 6.07 Å². The number of aromatic nitrogens is 2. The quantitative estimate of drug-likeness (QED) is 0.459. The van der Waals surface area contributed by atoms with E-state index in [2.05, 4.69) is 4.98 Å². The predicted molar refractivity (Wildman–Crippen MR) is 84.5 cm³/mol. The van der Waals surface area contributed by atoms with Gasteiger partial charge in [0.1, 0.15) is 24.4 Å². The van der Waals surface area contributed by atoms with Crippen LogP contribution in [0.4, 0.5) is 0 Å². The molecule has 4 atom stereocenters. The third kappa shape index (κ3) is 3.81. The molecule has 1 aromatic carbocycles. The topological polar surface area (TPSA) is 119 Å². The molecule has 0 bridgehead atoms. The maximum atomic E-state index is 10.4. The summed E-state index contributed by atoms with van der Waals surface area (Å²) < 4.78 is 1.62. The molecule has 0 spiro atoms. The maximum absolute atomic E-state index is 10.4. The van der Waals surface area contributed by atoms with Crippen molar-refractivity contribution >= 4 is 12.2 Å². The summed E-state index contributed by atoms with van der Waals surface area (Å²) in [5, 5.41) is 48.5. The standard InChI is InChI=1S/C15H18N2O5S/c18-8-11(19)13(21)14(22)12(20)10-6-7-16-15(23)17(10)9-4-2-1-3-5-9/h1-7,11-14,18-22H,8H2/t11-,12?,13+,14+/m1/s1. The van der Waals surface area contributed by atoms with E-state index < -0.39 is 31.0 Å². The van der Waals surface area contributed by atoms with Gasteiger partial charge >= 0.3 is 0 Å². The lowest BCUT2D eigenvalue weighted by Crippen LogP contribution is -2.43. The minimum atomic E-state index is -1.72. The van der Waals surface area contributed by atoms with Crippen LogP contribution in [0.25, 0.3) is 5.69 Å². The van der Waals surface area contributed by atoms with Crippen LogP contribution in [0.3, 0.4) is 0 Å². The fourth-order valence-electron chi connectivity index (χ4n) is 2.18. The first-order valence-corrected chi connectivity index (χ1v) is 7.34. The van der Waals surface area contributed by atoms with Crippen LogP contribution in [-0.4, -0.2) is 60.0 Å². The van der Waals surface area contributed by atoms with Gasteiger partial charge in [0.25, 0.3) is 0 Å². The van der Waals surface area contributed by atoms with Crippen molar-refractivity contribution in [3.63, 3.8) is 0 Å². The Labute approximate surface area is 137 Å². The Morgan fingerprint density at radius 1 is 1.00 bits per heavy atom. The minimum absolute atomic E-state index is 0.164. The molecule has 8 heteroatoms. The van der Waals surface area contributed by atoms with Crippen LogP contribution in [0.5, 0.6) is 0 Å². The number of benzene rings is 1. The third-order valence-corrected chi connectivity index (χ3v) is 3.74. The third-order valence-electron chi connectivity index (χ3n) is 3.45. The first kappa shape index (κ1) is 17.7. The number of aliphatic hydroxyl groups is 5. The van der Waals surface area contributed by atoms with E-state index in [0.29, 0.717) is 5.69 Å². The Hall–Kier alpha value is -1.68. The van der Waals surface area contributed by atoms with E-state index in [1.165, 1.54) is 16.8 Å². The van der Waals surface area contributed by atoms with Crippen molar-refractivity contribution in [3.05, 3.63) is 53.1 Å². The molecule has 2 aromatic rings. The van der Waals surface area contributed by atoms with Gasteiger partial charge in [-0.05, 0) is 30.4 Å². The van der Waals surface area contributed by atoms with E-state index in [1.54, 1.807) is 24.3 Å². The molecule has 7 nitrogen and oxygen atoms in total. The van der Waals surface area contributed by atoms with Crippen molar-refractivity contribution in [2.24, 2.45) is 0 Å². The molecule has 124 valence electrons. The molecule has 1 aromatic heterocycles. The van der Waals surface area contributed by atoms with Crippen molar-refractivity contribution in [1.29, 1.82) is 0 Å². The number of rotatable bonds is 6. The summed E-state index contributed by atoms with van der Waals surface area (Å²) in [6.07, 6.45) is -5.18. The summed E-state index contributed by atoms with van der Waals surface area (Å²) in [5.41, 5.74) is 0.830. The number of hydrogen-bond donors (Lipinski definition) is 5. The van der Waals surface area contributed by atoms with Gasteiger partial charge in [0, 0.05) is 11.9 Å².